The van der Waals surface area contributed by atoms with Gasteiger partial charge in [0, 0.05) is 5.56 Å². The summed E-state index contributed by atoms with van der Waals surface area (Å²) in [5.74, 6) is -1.35. The first-order valence-corrected chi connectivity index (χ1v) is 8.21. The quantitative estimate of drug-likeness (QED) is 0.488. The fourth-order valence-electron chi connectivity index (χ4n) is 2.62. The number of carbonyl (C=O) groups excluding carboxylic acids is 2. The van der Waals surface area contributed by atoms with Crippen LogP contribution < -0.4 is 0 Å². The minimum absolute atomic E-state index is 0.303. The van der Waals surface area contributed by atoms with Crippen molar-refractivity contribution in [2.45, 2.75) is 6.42 Å². The molecule has 0 unspecified atom stereocenters. The van der Waals surface area contributed by atoms with E-state index in [9.17, 15) is 14.0 Å². The molecule has 3 nitrogen and oxygen atoms in total. The number of Topliss-reactive ketones (excluding diaryl/α,β-unsaturated/α-hetero) is 1. The van der Waals surface area contributed by atoms with Gasteiger partial charge >= 0.3 is 5.97 Å². The van der Waals surface area contributed by atoms with Crippen molar-refractivity contribution in [1.29, 1.82) is 0 Å². The third-order valence-corrected chi connectivity index (χ3v) is 3.98. The van der Waals surface area contributed by atoms with Crippen LogP contribution in [-0.4, -0.2) is 18.4 Å². The lowest BCUT2D eigenvalue weighted by molar-refractivity contribution is 0.0473. The second kappa shape index (κ2) is 8.21. The predicted octanol–water partition coefficient (Wildman–Crippen LogP) is 4.46. The number of halogens is 1. The van der Waals surface area contributed by atoms with Gasteiger partial charge in [-0.05, 0) is 47.9 Å². The van der Waals surface area contributed by atoms with Gasteiger partial charge in [0.05, 0.1) is 5.56 Å². The van der Waals surface area contributed by atoms with E-state index >= 15 is 0 Å². The topological polar surface area (TPSA) is 43.4 Å². The molecule has 130 valence electrons. The average Bonchev–Trinajstić information content (AvgIpc) is 2.67. The van der Waals surface area contributed by atoms with Crippen molar-refractivity contribution in [3.05, 3.63) is 107 Å². The molecule has 0 spiro atoms. The zero-order valence-electron chi connectivity index (χ0n) is 14.0. The molecule has 0 amide bonds. The summed E-state index contributed by atoms with van der Waals surface area (Å²) in [7, 11) is 0. The normalized spacial score (nSPS) is 10.3. The third kappa shape index (κ3) is 4.42. The summed E-state index contributed by atoms with van der Waals surface area (Å²) in [4.78, 5) is 24.5. The van der Waals surface area contributed by atoms with E-state index in [1.54, 1.807) is 12.1 Å². The van der Waals surface area contributed by atoms with E-state index in [1.807, 2.05) is 42.5 Å². The molecule has 0 saturated heterocycles. The summed E-state index contributed by atoms with van der Waals surface area (Å²) in [6, 6.07) is 22.1. The van der Waals surface area contributed by atoms with Crippen molar-refractivity contribution in [2.24, 2.45) is 0 Å². The molecule has 0 heterocycles. The summed E-state index contributed by atoms with van der Waals surface area (Å²) >= 11 is 0. The Morgan fingerprint density at radius 3 is 2.19 bits per heavy atom. The van der Waals surface area contributed by atoms with Crippen molar-refractivity contribution < 1.29 is 18.7 Å². The smallest absolute Gasteiger partial charge is 0.338 e. The molecule has 3 aromatic rings. The van der Waals surface area contributed by atoms with Gasteiger partial charge in [-0.2, -0.15) is 0 Å². The monoisotopic (exact) mass is 348 g/mol. The van der Waals surface area contributed by atoms with Gasteiger partial charge in [0.25, 0.3) is 0 Å². The number of ketones is 1. The molecule has 0 fully saturated rings. The Bertz CT molecular complexity index is 902. The van der Waals surface area contributed by atoms with Gasteiger partial charge < -0.3 is 4.74 Å². The van der Waals surface area contributed by atoms with E-state index in [0.717, 1.165) is 11.1 Å². The molecular weight excluding hydrogens is 331 g/mol. The SMILES string of the molecule is O=C(COC(=O)c1ccccc1Cc1ccccc1)c1ccc(F)cc1. The second-order valence-electron chi connectivity index (χ2n) is 5.83. The Labute approximate surface area is 151 Å². The molecule has 0 bridgehead atoms. The molecular formula is C22H17FO3. The van der Waals surface area contributed by atoms with Crippen LogP contribution in [0.3, 0.4) is 0 Å². The molecule has 0 atom stereocenters. The van der Waals surface area contributed by atoms with Gasteiger partial charge in [-0.25, -0.2) is 9.18 Å². The zero-order chi connectivity index (χ0) is 18.4. The first kappa shape index (κ1) is 17.5. The molecule has 0 aliphatic rings. The van der Waals surface area contributed by atoms with E-state index in [-0.39, 0.29) is 12.4 Å². The van der Waals surface area contributed by atoms with Gasteiger partial charge in [0.15, 0.2) is 12.4 Å². The molecule has 0 saturated carbocycles. The van der Waals surface area contributed by atoms with Crippen LogP contribution in [0.1, 0.15) is 31.8 Å². The summed E-state index contributed by atoms with van der Waals surface area (Å²) in [6.45, 7) is -0.385. The van der Waals surface area contributed by atoms with Crippen LogP contribution in [0, 0.1) is 5.82 Å². The molecule has 26 heavy (non-hydrogen) atoms. The fourth-order valence-corrected chi connectivity index (χ4v) is 2.62. The van der Waals surface area contributed by atoms with Crippen molar-refractivity contribution in [3.63, 3.8) is 0 Å². The Balaban J connectivity index is 1.68. The predicted molar refractivity (Wildman–Crippen MR) is 96.7 cm³/mol. The van der Waals surface area contributed by atoms with Crippen molar-refractivity contribution in [1.82, 2.24) is 0 Å². The second-order valence-corrected chi connectivity index (χ2v) is 5.83. The number of hydrogen-bond donors (Lipinski definition) is 0. The summed E-state index contributed by atoms with van der Waals surface area (Å²) in [6.07, 6.45) is 0.595. The molecule has 4 heteroatoms. The standard InChI is InChI=1S/C22H17FO3/c23-19-12-10-17(11-13-19)21(24)15-26-22(25)20-9-5-4-8-18(20)14-16-6-2-1-3-7-16/h1-13H,14-15H2. The first-order valence-electron chi connectivity index (χ1n) is 8.21. The van der Waals surface area contributed by atoms with E-state index in [4.69, 9.17) is 4.74 Å². The van der Waals surface area contributed by atoms with Crippen LogP contribution in [0.2, 0.25) is 0 Å². The third-order valence-electron chi connectivity index (χ3n) is 3.98. The van der Waals surface area contributed by atoms with E-state index in [0.29, 0.717) is 17.5 Å². The highest BCUT2D eigenvalue weighted by atomic mass is 19.1. The van der Waals surface area contributed by atoms with Crippen molar-refractivity contribution >= 4 is 11.8 Å². The molecule has 0 aliphatic heterocycles. The minimum atomic E-state index is -0.549. The van der Waals surface area contributed by atoms with Gasteiger partial charge in [0.1, 0.15) is 5.82 Å². The number of benzene rings is 3. The molecule has 0 N–H and O–H groups in total. The minimum Gasteiger partial charge on any atom is -0.454 e. The molecule has 0 aliphatic carbocycles. The van der Waals surface area contributed by atoms with Crippen LogP contribution in [-0.2, 0) is 11.2 Å². The lowest BCUT2D eigenvalue weighted by Gasteiger charge is -2.09. The molecule has 3 rings (SSSR count). The largest absolute Gasteiger partial charge is 0.454 e. The van der Waals surface area contributed by atoms with Crippen LogP contribution in [0.25, 0.3) is 0 Å². The number of rotatable bonds is 6. The van der Waals surface area contributed by atoms with E-state index < -0.39 is 11.8 Å². The van der Waals surface area contributed by atoms with Crippen molar-refractivity contribution in [2.75, 3.05) is 6.61 Å². The highest BCUT2D eigenvalue weighted by molar-refractivity contribution is 5.99. The molecule has 3 aromatic carbocycles. The van der Waals surface area contributed by atoms with Gasteiger partial charge in [-0.3, -0.25) is 4.79 Å². The lowest BCUT2D eigenvalue weighted by atomic mass is 10.00. The van der Waals surface area contributed by atoms with Crippen LogP contribution in [0.5, 0.6) is 0 Å². The van der Waals surface area contributed by atoms with Gasteiger partial charge in [-0.1, -0.05) is 48.5 Å². The summed E-state index contributed by atoms with van der Waals surface area (Å²) in [5.41, 5.74) is 2.65. The maximum Gasteiger partial charge on any atom is 0.338 e. The Morgan fingerprint density at radius 1 is 0.808 bits per heavy atom. The number of hydrogen-bond acceptors (Lipinski definition) is 3. The van der Waals surface area contributed by atoms with Gasteiger partial charge in [-0.15, -0.1) is 0 Å². The Hall–Kier alpha value is -3.27. The Kier molecular flexibility index (Phi) is 5.54. The lowest BCUT2D eigenvalue weighted by Crippen LogP contribution is -2.15. The van der Waals surface area contributed by atoms with Crippen LogP contribution in [0.4, 0.5) is 4.39 Å². The van der Waals surface area contributed by atoms with Crippen LogP contribution in [0.15, 0.2) is 78.9 Å². The fraction of sp³-hybridized carbons (Fsp3) is 0.0909. The van der Waals surface area contributed by atoms with E-state index in [1.165, 1.54) is 24.3 Å². The number of carbonyl (C=O) groups is 2. The summed E-state index contributed by atoms with van der Waals surface area (Å²) < 4.78 is 18.1. The highest BCUT2D eigenvalue weighted by Gasteiger charge is 2.15. The number of ether oxygens (including phenoxy) is 1. The van der Waals surface area contributed by atoms with Crippen molar-refractivity contribution in [3.8, 4) is 0 Å². The maximum atomic E-state index is 12.9. The van der Waals surface area contributed by atoms with Gasteiger partial charge in [0.2, 0.25) is 0 Å². The zero-order valence-corrected chi connectivity index (χ0v) is 14.0. The number of esters is 1. The maximum absolute atomic E-state index is 12.9. The Morgan fingerprint density at radius 2 is 1.46 bits per heavy atom. The van der Waals surface area contributed by atoms with E-state index in [2.05, 4.69) is 0 Å². The summed E-state index contributed by atoms with van der Waals surface area (Å²) in [5, 5.41) is 0. The van der Waals surface area contributed by atoms with Crippen LogP contribution >= 0.6 is 0 Å². The molecule has 0 radical (unpaired) electrons. The molecule has 0 aromatic heterocycles. The highest BCUT2D eigenvalue weighted by Crippen LogP contribution is 2.16. The first-order chi connectivity index (χ1) is 12.6. The average molecular weight is 348 g/mol.